The molecule has 2 N–H and O–H groups in total. The quantitative estimate of drug-likeness (QED) is 0.590. The summed E-state index contributed by atoms with van der Waals surface area (Å²) in [5, 5.41) is 12.1. The largest absolute Gasteiger partial charge is 0.395 e. The van der Waals surface area contributed by atoms with Crippen LogP contribution in [0.4, 0.5) is 0 Å². The predicted molar refractivity (Wildman–Crippen MR) is 48.2 cm³/mol. The third kappa shape index (κ3) is 2.00. The van der Waals surface area contributed by atoms with Gasteiger partial charge in [-0.25, -0.2) is 0 Å². The van der Waals surface area contributed by atoms with Gasteiger partial charge in [0.25, 0.3) is 0 Å². The number of nitrogens with zero attached hydrogens (tertiary/aromatic N) is 1. The van der Waals surface area contributed by atoms with E-state index >= 15 is 0 Å². The summed E-state index contributed by atoms with van der Waals surface area (Å²) in [6, 6.07) is 0.0800. The lowest BCUT2D eigenvalue weighted by atomic mass is 10.2. The Labute approximate surface area is 77.9 Å². The molecule has 0 aromatic heterocycles. The topological polar surface area (TPSA) is 52.6 Å². The Morgan fingerprint density at radius 2 is 2.31 bits per heavy atom. The molecule has 1 atom stereocenters. The molecule has 2 fully saturated rings. The number of hydrogen-bond donors (Lipinski definition) is 2. The second-order valence-electron chi connectivity index (χ2n) is 3.89. The molecule has 1 aliphatic heterocycles. The fourth-order valence-electron chi connectivity index (χ4n) is 1.74. The first kappa shape index (κ1) is 8.97. The Morgan fingerprint density at radius 3 is 2.92 bits per heavy atom. The number of carbonyl (C=O) groups excluding carboxylic acids is 1. The molecule has 0 aromatic rings. The summed E-state index contributed by atoms with van der Waals surface area (Å²) in [6.45, 7) is 2.40. The molecule has 1 saturated heterocycles. The van der Waals surface area contributed by atoms with Gasteiger partial charge in [0.1, 0.15) is 0 Å². The maximum atomic E-state index is 11.6. The highest BCUT2D eigenvalue weighted by Gasteiger charge is 2.34. The molecule has 0 radical (unpaired) electrons. The van der Waals surface area contributed by atoms with Crippen LogP contribution in [0.2, 0.25) is 0 Å². The van der Waals surface area contributed by atoms with Crippen molar-refractivity contribution in [3.8, 4) is 0 Å². The molecule has 13 heavy (non-hydrogen) atoms. The number of rotatable bonds is 2. The number of amides is 1. The Kier molecular flexibility index (Phi) is 2.51. The van der Waals surface area contributed by atoms with Gasteiger partial charge in [-0.15, -0.1) is 0 Å². The van der Waals surface area contributed by atoms with Crippen molar-refractivity contribution in [2.45, 2.75) is 18.9 Å². The molecule has 2 rings (SSSR count). The van der Waals surface area contributed by atoms with Crippen LogP contribution in [0.3, 0.4) is 0 Å². The molecule has 0 bridgehead atoms. The molecule has 1 saturated carbocycles. The Morgan fingerprint density at radius 1 is 1.54 bits per heavy atom. The highest BCUT2D eigenvalue weighted by atomic mass is 16.3. The van der Waals surface area contributed by atoms with E-state index in [2.05, 4.69) is 5.32 Å². The molecule has 0 aromatic carbocycles. The van der Waals surface area contributed by atoms with Gasteiger partial charge < -0.3 is 15.3 Å². The number of aliphatic hydroxyl groups is 1. The molecule has 1 heterocycles. The van der Waals surface area contributed by atoms with Crippen LogP contribution < -0.4 is 5.32 Å². The zero-order chi connectivity index (χ0) is 9.26. The van der Waals surface area contributed by atoms with Gasteiger partial charge in [-0.1, -0.05) is 0 Å². The van der Waals surface area contributed by atoms with E-state index in [0.717, 1.165) is 25.9 Å². The summed E-state index contributed by atoms with van der Waals surface area (Å²) in [5.41, 5.74) is 0. The van der Waals surface area contributed by atoms with Crippen molar-refractivity contribution in [1.82, 2.24) is 10.2 Å². The maximum Gasteiger partial charge on any atom is 0.225 e. The van der Waals surface area contributed by atoms with Gasteiger partial charge in [0.05, 0.1) is 6.61 Å². The summed E-state index contributed by atoms with van der Waals surface area (Å²) < 4.78 is 0. The maximum absolute atomic E-state index is 11.6. The number of carbonyl (C=O) groups is 1. The molecule has 1 unspecified atom stereocenters. The Hall–Kier alpha value is -0.610. The van der Waals surface area contributed by atoms with E-state index in [9.17, 15) is 4.79 Å². The number of aliphatic hydroxyl groups excluding tert-OH is 1. The van der Waals surface area contributed by atoms with Crippen molar-refractivity contribution in [1.29, 1.82) is 0 Å². The minimum Gasteiger partial charge on any atom is -0.395 e. The summed E-state index contributed by atoms with van der Waals surface area (Å²) in [5.74, 6) is 0.595. The standard InChI is InChI=1S/C9H16N2O2/c12-6-8-5-11(4-3-10-8)9(13)7-1-2-7/h7-8,10,12H,1-6H2. The number of nitrogens with one attached hydrogen (secondary N) is 1. The normalized spacial score (nSPS) is 29.0. The van der Waals surface area contributed by atoms with Crippen molar-refractivity contribution in [3.63, 3.8) is 0 Å². The first-order valence-electron chi connectivity index (χ1n) is 4.94. The summed E-state index contributed by atoms with van der Waals surface area (Å²) in [4.78, 5) is 13.5. The first-order chi connectivity index (χ1) is 6.31. The van der Waals surface area contributed by atoms with Gasteiger partial charge in [0, 0.05) is 31.6 Å². The predicted octanol–water partition coefficient (Wildman–Crippen LogP) is -0.811. The molecule has 0 spiro atoms. The number of piperazine rings is 1. The van der Waals surface area contributed by atoms with Crippen LogP contribution in [0.5, 0.6) is 0 Å². The van der Waals surface area contributed by atoms with Gasteiger partial charge in [0.15, 0.2) is 0 Å². The lowest BCUT2D eigenvalue weighted by molar-refractivity contribution is -0.133. The Bertz CT molecular complexity index is 204. The molecular formula is C9H16N2O2. The van der Waals surface area contributed by atoms with Crippen LogP contribution in [0.25, 0.3) is 0 Å². The Balaban J connectivity index is 1.87. The zero-order valence-electron chi connectivity index (χ0n) is 7.70. The van der Waals surface area contributed by atoms with Crippen LogP contribution in [-0.4, -0.2) is 48.2 Å². The molecule has 1 aliphatic carbocycles. The molecule has 1 amide bonds. The summed E-state index contributed by atoms with van der Waals surface area (Å²) in [7, 11) is 0. The van der Waals surface area contributed by atoms with E-state index in [4.69, 9.17) is 5.11 Å². The molecule has 4 heteroatoms. The van der Waals surface area contributed by atoms with Gasteiger partial charge in [0.2, 0.25) is 5.91 Å². The van der Waals surface area contributed by atoms with E-state index in [0.29, 0.717) is 18.4 Å². The van der Waals surface area contributed by atoms with Crippen LogP contribution in [-0.2, 0) is 4.79 Å². The van der Waals surface area contributed by atoms with E-state index in [1.54, 1.807) is 0 Å². The first-order valence-corrected chi connectivity index (χ1v) is 4.94. The van der Waals surface area contributed by atoms with E-state index in [1.807, 2.05) is 4.90 Å². The fourth-order valence-corrected chi connectivity index (χ4v) is 1.74. The second-order valence-corrected chi connectivity index (χ2v) is 3.89. The molecule has 74 valence electrons. The SMILES string of the molecule is O=C(C1CC1)N1CCNC(CO)C1. The second kappa shape index (κ2) is 3.64. The van der Waals surface area contributed by atoms with Crippen LogP contribution in [0.15, 0.2) is 0 Å². The van der Waals surface area contributed by atoms with Crippen molar-refractivity contribution in [3.05, 3.63) is 0 Å². The van der Waals surface area contributed by atoms with Crippen LogP contribution in [0.1, 0.15) is 12.8 Å². The summed E-state index contributed by atoms with van der Waals surface area (Å²) in [6.07, 6.45) is 2.12. The fraction of sp³-hybridized carbons (Fsp3) is 0.889. The van der Waals surface area contributed by atoms with E-state index in [-0.39, 0.29) is 12.6 Å². The minimum atomic E-state index is 0.0800. The lowest BCUT2D eigenvalue weighted by Gasteiger charge is -2.32. The van der Waals surface area contributed by atoms with E-state index in [1.165, 1.54) is 0 Å². The third-order valence-electron chi connectivity index (χ3n) is 2.71. The third-order valence-corrected chi connectivity index (χ3v) is 2.71. The average Bonchev–Trinajstić information content (AvgIpc) is 3.00. The highest BCUT2D eigenvalue weighted by Crippen LogP contribution is 2.31. The van der Waals surface area contributed by atoms with Crippen LogP contribution in [0, 0.1) is 5.92 Å². The van der Waals surface area contributed by atoms with Gasteiger partial charge >= 0.3 is 0 Å². The monoisotopic (exact) mass is 184 g/mol. The van der Waals surface area contributed by atoms with Gasteiger partial charge in [-0.3, -0.25) is 4.79 Å². The van der Waals surface area contributed by atoms with Gasteiger partial charge in [-0.05, 0) is 12.8 Å². The van der Waals surface area contributed by atoms with Crippen molar-refractivity contribution < 1.29 is 9.90 Å². The van der Waals surface area contributed by atoms with Crippen molar-refractivity contribution in [2.24, 2.45) is 5.92 Å². The van der Waals surface area contributed by atoms with Crippen LogP contribution >= 0.6 is 0 Å². The minimum absolute atomic E-state index is 0.0800. The van der Waals surface area contributed by atoms with Crippen molar-refractivity contribution in [2.75, 3.05) is 26.2 Å². The van der Waals surface area contributed by atoms with E-state index < -0.39 is 0 Å². The average molecular weight is 184 g/mol. The zero-order valence-corrected chi connectivity index (χ0v) is 7.70. The smallest absolute Gasteiger partial charge is 0.225 e. The van der Waals surface area contributed by atoms with Gasteiger partial charge in [-0.2, -0.15) is 0 Å². The number of hydrogen-bond acceptors (Lipinski definition) is 3. The molecule has 4 nitrogen and oxygen atoms in total. The summed E-state index contributed by atoms with van der Waals surface area (Å²) >= 11 is 0. The van der Waals surface area contributed by atoms with Crippen molar-refractivity contribution >= 4 is 5.91 Å². The lowest BCUT2D eigenvalue weighted by Crippen LogP contribution is -2.54. The molecule has 2 aliphatic rings. The highest BCUT2D eigenvalue weighted by molar-refractivity contribution is 5.81. The molecular weight excluding hydrogens is 168 g/mol.